The molecule has 0 bridgehead atoms. The summed E-state index contributed by atoms with van der Waals surface area (Å²) in [5.74, 6) is -1.23. The number of pyridine rings is 1. The first kappa shape index (κ1) is 21.2. The highest BCUT2D eigenvalue weighted by Gasteiger charge is 2.33. The summed E-state index contributed by atoms with van der Waals surface area (Å²) in [6, 6.07) is 6.74. The van der Waals surface area contributed by atoms with Crippen LogP contribution in [0.5, 0.6) is 0 Å². The molecule has 29 heavy (non-hydrogen) atoms. The molecule has 0 aliphatic carbocycles. The number of rotatable bonds is 6. The average molecular weight is 403 g/mol. The maximum atomic E-state index is 13.5. The average Bonchev–Trinajstić information content (AvgIpc) is 2.69. The quantitative estimate of drug-likeness (QED) is 0.778. The molecule has 3 rings (SSSR count). The minimum Gasteiger partial charge on any atom is -0.323 e. The summed E-state index contributed by atoms with van der Waals surface area (Å²) in [7, 11) is 1.64. The molecule has 2 heterocycles. The van der Waals surface area contributed by atoms with Gasteiger partial charge in [0.2, 0.25) is 11.5 Å². The number of anilines is 1. The lowest BCUT2D eigenvalue weighted by molar-refractivity contribution is -0.119. The maximum absolute atomic E-state index is 13.5. The number of carbonyl (C=O) groups excluding carboxylic acids is 1. The molecule has 1 aromatic carbocycles. The zero-order chi connectivity index (χ0) is 21.0. The monoisotopic (exact) mass is 403 g/mol. The van der Waals surface area contributed by atoms with Gasteiger partial charge in [-0.15, -0.1) is 0 Å². The lowest BCUT2D eigenvalue weighted by atomic mass is 9.77. The largest absolute Gasteiger partial charge is 0.323 e. The summed E-state index contributed by atoms with van der Waals surface area (Å²) in [4.78, 5) is 24.2. The second-order valence-corrected chi connectivity index (χ2v) is 7.81. The van der Waals surface area contributed by atoms with Crippen LogP contribution in [-0.4, -0.2) is 23.1 Å². The van der Waals surface area contributed by atoms with E-state index < -0.39 is 11.6 Å². The van der Waals surface area contributed by atoms with Crippen LogP contribution in [-0.2, 0) is 18.3 Å². The molecule has 3 atom stereocenters. The molecule has 3 unspecified atom stereocenters. The Morgan fingerprint density at radius 1 is 1.21 bits per heavy atom. The summed E-state index contributed by atoms with van der Waals surface area (Å²) in [6.07, 6.45) is 4.88. The molecule has 5 nitrogen and oxygen atoms in total. The Labute approximate surface area is 169 Å². The molecule has 2 aromatic rings. The molecule has 0 saturated carbocycles. The van der Waals surface area contributed by atoms with E-state index >= 15 is 0 Å². The van der Waals surface area contributed by atoms with Gasteiger partial charge in [-0.1, -0.05) is 25.8 Å². The van der Waals surface area contributed by atoms with Crippen molar-refractivity contribution >= 4 is 11.6 Å². The van der Waals surface area contributed by atoms with E-state index in [1.165, 1.54) is 22.8 Å². The van der Waals surface area contributed by atoms with Crippen LogP contribution in [0.3, 0.4) is 0 Å². The third-order valence-electron chi connectivity index (χ3n) is 5.64. The summed E-state index contributed by atoms with van der Waals surface area (Å²) in [5, 5.41) is 6.17. The van der Waals surface area contributed by atoms with Crippen LogP contribution >= 0.6 is 0 Å². The van der Waals surface area contributed by atoms with E-state index in [-0.39, 0.29) is 23.4 Å². The number of hydrogen-bond acceptors (Lipinski definition) is 3. The number of carbonyl (C=O) groups is 1. The number of aryl methyl sites for hydroxylation is 1. The molecule has 0 radical (unpaired) electrons. The fourth-order valence-corrected chi connectivity index (χ4v) is 4.07. The van der Waals surface area contributed by atoms with Crippen molar-refractivity contribution in [3.05, 3.63) is 64.1 Å². The van der Waals surface area contributed by atoms with Gasteiger partial charge in [0.15, 0.2) is 11.6 Å². The predicted molar refractivity (Wildman–Crippen MR) is 109 cm³/mol. The summed E-state index contributed by atoms with van der Waals surface area (Å²) in [5.41, 5.74) is 1.21. The van der Waals surface area contributed by atoms with E-state index in [4.69, 9.17) is 0 Å². The van der Waals surface area contributed by atoms with Gasteiger partial charge in [0.25, 0.3) is 0 Å². The fourth-order valence-electron chi connectivity index (χ4n) is 4.07. The van der Waals surface area contributed by atoms with Gasteiger partial charge in [-0.3, -0.25) is 9.59 Å². The van der Waals surface area contributed by atoms with Crippen LogP contribution in [0.15, 0.2) is 41.3 Å². The van der Waals surface area contributed by atoms with Crippen molar-refractivity contribution in [2.45, 2.75) is 38.6 Å². The Bertz CT molecular complexity index is 929. The van der Waals surface area contributed by atoms with Crippen molar-refractivity contribution in [2.24, 2.45) is 18.9 Å². The van der Waals surface area contributed by atoms with Crippen molar-refractivity contribution in [2.75, 3.05) is 11.9 Å². The van der Waals surface area contributed by atoms with Crippen molar-refractivity contribution in [1.82, 2.24) is 9.88 Å². The molecule has 1 fully saturated rings. The van der Waals surface area contributed by atoms with Crippen molar-refractivity contribution < 1.29 is 13.6 Å². The Morgan fingerprint density at radius 2 is 2.00 bits per heavy atom. The second-order valence-electron chi connectivity index (χ2n) is 7.81. The van der Waals surface area contributed by atoms with Crippen LogP contribution in [0.25, 0.3) is 0 Å². The molecule has 156 valence electrons. The number of nitrogens with zero attached hydrogens (tertiary/aromatic N) is 1. The van der Waals surface area contributed by atoms with Gasteiger partial charge in [-0.25, -0.2) is 8.78 Å². The normalized spacial score (nSPS) is 21.7. The number of piperidine rings is 1. The first-order valence-electron chi connectivity index (χ1n) is 10.0. The minimum atomic E-state index is -0.837. The molecular formula is C22H27F2N3O2. The van der Waals surface area contributed by atoms with Gasteiger partial charge in [0, 0.05) is 19.3 Å². The fraction of sp³-hybridized carbons (Fsp3) is 0.455. The molecule has 1 amide bonds. The summed E-state index contributed by atoms with van der Waals surface area (Å²) < 4.78 is 28.2. The molecule has 7 heteroatoms. The Morgan fingerprint density at radius 3 is 2.69 bits per heavy atom. The van der Waals surface area contributed by atoms with E-state index in [9.17, 15) is 18.4 Å². The molecule has 0 spiro atoms. The van der Waals surface area contributed by atoms with Crippen molar-refractivity contribution in [1.29, 1.82) is 0 Å². The molecule has 1 saturated heterocycles. The molecule has 1 aromatic heterocycles. The number of nitrogens with one attached hydrogen (secondary N) is 2. The van der Waals surface area contributed by atoms with E-state index in [1.807, 2.05) is 0 Å². The van der Waals surface area contributed by atoms with Gasteiger partial charge in [0.05, 0.1) is 11.7 Å². The number of aromatic nitrogens is 1. The van der Waals surface area contributed by atoms with Crippen LogP contribution in [0.4, 0.5) is 14.5 Å². The van der Waals surface area contributed by atoms with E-state index in [0.29, 0.717) is 31.0 Å². The van der Waals surface area contributed by atoms with Gasteiger partial charge in [0.1, 0.15) is 0 Å². The minimum absolute atomic E-state index is 0.129. The van der Waals surface area contributed by atoms with Crippen LogP contribution in [0, 0.1) is 23.5 Å². The third kappa shape index (κ3) is 5.29. The Balaban J connectivity index is 1.65. The van der Waals surface area contributed by atoms with E-state index in [1.54, 1.807) is 25.4 Å². The summed E-state index contributed by atoms with van der Waals surface area (Å²) in [6.45, 7) is 2.74. The second kappa shape index (κ2) is 9.31. The topological polar surface area (TPSA) is 63.1 Å². The van der Waals surface area contributed by atoms with E-state index in [0.717, 1.165) is 18.4 Å². The Kier molecular flexibility index (Phi) is 6.79. The van der Waals surface area contributed by atoms with Gasteiger partial charge in [-0.2, -0.15) is 0 Å². The van der Waals surface area contributed by atoms with Crippen LogP contribution in [0.1, 0.15) is 31.7 Å². The van der Waals surface area contributed by atoms with Crippen molar-refractivity contribution in [3.63, 3.8) is 0 Å². The molecule has 1 aliphatic rings. The highest BCUT2D eigenvalue weighted by molar-refractivity contribution is 5.94. The lowest BCUT2D eigenvalue weighted by Crippen LogP contribution is -2.50. The van der Waals surface area contributed by atoms with Gasteiger partial charge < -0.3 is 15.2 Å². The van der Waals surface area contributed by atoms with E-state index in [2.05, 4.69) is 17.6 Å². The smallest absolute Gasteiger partial charge is 0.250 e. The van der Waals surface area contributed by atoms with Crippen LogP contribution in [0.2, 0.25) is 0 Å². The highest BCUT2D eigenvalue weighted by atomic mass is 19.2. The summed E-state index contributed by atoms with van der Waals surface area (Å²) >= 11 is 0. The standard InChI is InChI=1S/C22H27F2N3O2/c1-3-4-15-11-20(22(29)26-17-6-8-21(28)27(2)13-17)25-12-16(15)9-14-5-7-18(23)19(24)10-14/h5-8,10,13,15-16,20,25H,3-4,9,11-12H2,1-2H3,(H,26,29). The molecular weight excluding hydrogens is 376 g/mol. The van der Waals surface area contributed by atoms with Crippen molar-refractivity contribution in [3.8, 4) is 0 Å². The Hall–Kier alpha value is -2.54. The third-order valence-corrected chi connectivity index (χ3v) is 5.64. The van der Waals surface area contributed by atoms with Crippen LogP contribution < -0.4 is 16.2 Å². The highest BCUT2D eigenvalue weighted by Crippen LogP contribution is 2.30. The number of amides is 1. The zero-order valence-electron chi connectivity index (χ0n) is 16.8. The number of benzene rings is 1. The maximum Gasteiger partial charge on any atom is 0.250 e. The zero-order valence-corrected chi connectivity index (χ0v) is 16.8. The lowest BCUT2D eigenvalue weighted by Gasteiger charge is -2.36. The number of halogens is 2. The SMILES string of the molecule is CCCC1CC(C(=O)Nc2ccc(=O)n(C)c2)NCC1Cc1ccc(F)c(F)c1. The predicted octanol–water partition coefficient (Wildman–Crippen LogP) is 3.24. The first-order valence-corrected chi connectivity index (χ1v) is 10.0. The van der Waals surface area contributed by atoms with Gasteiger partial charge >= 0.3 is 0 Å². The first-order chi connectivity index (χ1) is 13.9. The number of hydrogen-bond donors (Lipinski definition) is 2. The van der Waals surface area contributed by atoms with Gasteiger partial charge in [-0.05, 0) is 55.0 Å². The molecule has 1 aliphatic heterocycles. The molecule has 2 N–H and O–H groups in total.